The highest BCUT2D eigenvalue weighted by atomic mass is 32.1. The summed E-state index contributed by atoms with van der Waals surface area (Å²) in [6.45, 7) is 3.78. The number of aromatic carboxylic acids is 1. The quantitative estimate of drug-likeness (QED) is 0.428. The van der Waals surface area contributed by atoms with Gasteiger partial charge in [-0.25, -0.2) is 9.78 Å². The maximum Gasteiger partial charge on any atom is 0.337 e. The highest BCUT2D eigenvalue weighted by Crippen LogP contribution is 2.36. The van der Waals surface area contributed by atoms with Crippen molar-refractivity contribution in [2.75, 3.05) is 14.2 Å². The Morgan fingerprint density at radius 1 is 1.12 bits per heavy atom. The molecule has 1 heterocycles. The Bertz CT molecular complexity index is 1160. The number of ether oxygens (including phenoxy) is 3. The molecule has 0 aliphatic heterocycles. The Kier molecular flexibility index (Phi) is 7.40. The molecule has 0 amide bonds. The average molecular weight is 486 g/mol. The van der Waals surface area contributed by atoms with Gasteiger partial charge in [-0.15, -0.1) is 11.3 Å². The number of benzene rings is 2. The van der Waals surface area contributed by atoms with Crippen molar-refractivity contribution in [3.63, 3.8) is 0 Å². The maximum atomic E-state index is 11.7. The number of aromatic nitrogens is 1. The van der Waals surface area contributed by atoms with E-state index in [1.54, 1.807) is 20.3 Å². The second-order valence-electron chi connectivity index (χ2n) is 8.85. The molecule has 182 valence electrons. The molecule has 2 unspecified atom stereocenters. The second kappa shape index (κ2) is 10.3. The first-order valence-electron chi connectivity index (χ1n) is 11.5. The highest BCUT2D eigenvalue weighted by Gasteiger charge is 2.30. The van der Waals surface area contributed by atoms with Gasteiger partial charge in [-0.2, -0.15) is 0 Å². The Hall–Kier alpha value is -2.68. The molecule has 0 spiro atoms. The van der Waals surface area contributed by atoms with Gasteiger partial charge in [0.2, 0.25) is 0 Å². The van der Waals surface area contributed by atoms with Crippen LogP contribution in [0.1, 0.15) is 63.8 Å². The van der Waals surface area contributed by atoms with Crippen molar-refractivity contribution in [3.8, 4) is 11.5 Å². The first kappa shape index (κ1) is 24.4. The molecule has 0 bridgehead atoms. The molecule has 1 saturated carbocycles. The third-order valence-corrected chi connectivity index (χ3v) is 7.45. The largest absolute Gasteiger partial charge is 0.496 e. The van der Waals surface area contributed by atoms with Crippen LogP contribution in [0, 0.1) is 13.8 Å². The molecule has 2 atom stereocenters. The highest BCUT2D eigenvalue weighted by molar-refractivity contribution is 7.18. The van der Waals surface area contributed by atoms with Crippen molar-refractivity contribution in [1.29, 1.82) is 0 Å². The number of nitrogens with zero attached hydrogens (tertiary/aromatic N) is 1. The third kappa shape index (κ3) is 5.04. The summed E-state index contributed by atoms with van der Waals surface area (Å²) in [5.74, 6) is 0.271. The van der Waals surface area contributed by atoms with Crippen molar-refractivity contribution < 1.29 is 29.2 Å². The van der Waals surface area contributed by atoms with E-state index in [0.717, 1.165) is 46.5 Å². The first-order valence-corrected chi connectivity index (χ1v) is 12.3. The number of carboxylic acid groups (broad SMARTS) is 1. The number of rotatable bonds is 9. The summed E-state index contributed by atoms with van der Waals surface area (Å²) < 4.78 is 18.2. The Morgan fingerprint density at radius 2 is 1.76 bits per heavy atom. The normalized spacial score (nSPS) is 16.0. The molecule has 0 radical (unpaired) electrons. The van der Waals surface area contributed by atoms with E-state index in [4.69, 9.17) is 14.2 Å². The fourth-order valence-corrected chi connectivity index (χ4v) is 5.77. The van der Waals surface area contributed by atoms with Crippen LogP contribution in [0.3, 0.4) is 0 Å². The summed E-state index contributed by atoms with van der Waals surface area (Å²) in [6, 6.07) is 7.22. The molecule has 2 N–H and O–H groups in total. The van der Waals surface area contributed by atoms with E-state index in [-0.39, 0.29) is 11.7 Å². The lowest BCUT2D eigenvalue weighted by Gasteiger charge is -2.27. The predicted molar refractivity (Wildman–Crippen MR) is 131 cm³/mol. The zero-order chi connectivity index (χ0) is 24.4. The van der Waals surface area contributed by atoms with Gasteiger partial charge in [0.05, 0.1) is 47.2 Å². The van der Waals surface area contributed by atoms with Crippen LogP contribution in [0.5, 0.6) is 11.5 Å². The van der Waals surface area contributed by atoms with Crippen LogP contribution < -0.4 is 9.47 Å². The lowest BCUT2D eigenvalue weighted by molar-refractivity contribution is -0.0753. The lowest BCUT2D eigenvalue weighted by atomic mass is 9.99. The van der Waals surface area contributed by atoms with Gasteiger partial charge in [0.1, 0.15) is 17.6 Å². The molecule has 7 nitrogen and oxygen atoms in total. The van der Waals surface area contributed by atoms with Crippen molar-refractivity contribution in [2.24, 2.45) is 0 Å². The van der Waals surface area contributed by atoms with E-state index in [1.165, 1.54) is 11.3 Å². The van der Waals surface area contributed by atoms with Gasteiger partial charge in [0, 0.05) is 12.0 Å². The van der Waals surface area contributed by atoms with Gasteiger partial charge in [-0.3, -0.25) is 0 Å². The van der Waals surface area contributed by atoms with Gasteiger partial charge in [0.25, 0.3) is 0 Å². The smallest absolute Gasteiger partial charge is 0.337 e. The molecule has 3 aromatic rings. The minimum Gasteiger partial charge on any atom is -0.496 e. The minimum absolute atomic E-state index is 0.0834. The van der Waals surface area contributed by atoms with Gasteiger partial charge in [-0.05, 0) is 62.1 Å². The number of aliphatic hydroxyl groups excluding tert-OH is 1. The number of aryl methyl sites for hydroxylation is 1. The van der Waals surface area contributed by atoms with Crippen molar-refractivity contribution >= 4 is 27.5 Å². The van der Waals surface area contributed by atoms with Gasteiger partial charge < -0.3 is 24.4 Å². The van der Waals surface area contributed by atoms with Crippen LogP contribution in [0.4, 0.5) is 0 Å². The van der Waals surface area contributed by atoms with Crippen LogP contribution in [0.15, 0.2) is 24.3 Å². The zero-order valence-corrected chi connectivity index (χ0v) is 20.8. The number of carboxylic acids is 1. The van der Waals surface area contributed by atoms with E-state index in [1.807, 2.05) is 32.0 Å². The molecular formula is C26H31NO6S. The summed E-state index contributed by atoms with van der Waals surface area (Å²) in [4.78, 5) is 16.4. The number of hydrogen-bond acceptors (Lipinski definition) is 7. The standard InChI is InChI=1S/C26H31NO6S/c1-14-9-18(26(29)30)24-22(10-14)34-23(27-24)13-21(33-17-7-5-6-8-17)25(28)16-11-19(31-3)15(2)20(12-16)32-4/h9-12,17,21,25,28H,5-8,13H2,1-4H3,(H,29,30). The number of hydrogen-bond donors (Lipinski definition) is 2. The van der Waals surface area contributed by atoms with Gasteiger partial charge in [-0.1, -0.05) is 12.8 Å². The topological polar surface area (TPSA) is 98.1 Å². The molecule has 1 aliphatic rings. The summed E-state index contributed by atoms with van der Waals surface area (Å²) in [5, 5.41) is 21.8. The summed E-state index contributed by atoms with van der Waals surface area (Å²) in [5.41, 5.74) is 3.05. The fourth-order valence-electron chi connectivity index (χ4n) is 4.63. The number of aliphatic hydroxyl groups is 1. The fraction of sp³-hybridized carbons (Fsp3) is 0.462. The SMILES string of the molecule is COc1cc(C(O)C(Cc2nc3c(C(=O)O)cc(C)cc3s2)OC2CCCC2)cc(OC)c1C. The van der Waals surface area contributed by atoms with Crippen LogP contribution in [-0.4, -0.2) is 47.6 Å². The molecule has 1 fully saturated rings. The Labute approximate surface area is 203 Å². The van der Waals surface area contributed by atoms with Crippen molar-refractivity contribution in [1.82, 2.24) is 4.98 Å². The zero-order valence-electron chi connectivity index (χ0n) is 20.0. The minimum atomic E-state index is -0.997. The van der Waals surface area contributed by atoms with Crippen molar-refractivity contribution in [3.05, 3.63) is 51.5 Å². The Morgan fingerprint density at radius 3 is 2.35 bits per heavy atom. The molecule has 8 heteroatoms. The monoisotopic (exact) mass is 485 g/mol. The molecule has 1 aromatic heterocycles. The van der Waals surface area contributed by atoms with Crippen LogP contribution in [-0.2, 0) is 11.2 Å². The number of methoxy groups -OCH3 is 2. The molecular weight excluding hydrogens is 454 g/mol. The number of carbonyl (C=O) groups is 1. The summed E-state index contributed by atoms with van der Waals surface area (Å²) in [6.07, 6.45) is 3.13. The van der Waals surface area contributed by atoms with Crippen LogP contribution in [0.25, 0.3) is 10.2 Å². The Balaban J connectivity index is 1.69. The van der Waals surface area contributed by atoms with E-state index >= 15 is 0 Å². The summed E-state index contributed by atoms with van der Waals surface area (Å²) >= 11 is 1.44. The number of thiazole rings is 1. The average Bonchev–Trinajstić information content (AvgIpc) is 3.47. The maximum absolute atomic E-state index is 11.7. The van der Waals surface area contributed by atoms with Gasteiger partial charge >= 0.3 is 5.97 Å². The first-order chi connectivity index (χ1) is 16.3. The van der Waals surface area contributed by atoms with Crippen LogP contribution >= 0.6 is 11.3 Å². The van der Waals surface area contributed by atoms with E-state index in [2.05, 4.69) is 4.98 Å². The van der Waals surface area contributed by atoms with Gasteiger partial charge in [0.15, 0.2) is 0 Å². The molecule has 4 rings (SSSR count). The predicted octanol–water partition coefficient (Wildman–Crippen LogP) is 5.23. The number of fused-ring (bicyclic) bond motifs is 1. The lowest BCUT2D eigenvalue weighted by Crippen LogP contribution is -2.29. The molecule has 2 aromatic carbocycles. The van der Waals surface area contributed by atoms with Crippen molar-refractivity contribution in [2.45, 2.75) is 64.3 Å². The molecule has 0 saturated heterocycles. The molecule has 34 heavy (non-hydrogen) atoms. The van der Waals surface area contributed by atoms with Crippen LogP contribution in [0.2, 0.25) is 0 Å². The van der Waals surface area contributed by atoms with E-state index < -0.39 is 18.2 Å². The third-order valence-electron chi connectivity index (χ3n) is 6.43. The molecule has 1 aliphatic carbocycles. The second-order valence-corrected chi connectivity index (χ2v) is 9.97. The van der Waals surface area contributed by atoms with E-state index in [0.29, 0.717) is 29.0 Å². The summed E-state index contributed by atoms with van der Waals surface area (Å²) in [7, 11) is 3.18. The van der Waals surface area contributed by atoms with E-state index in [9.17, 15) is 15.0 Å².